The number of phosphoric ester groups is 2. The number of hydrogen-bond donors (Lipinski definition) is 4. The maximum absolute atomic E-state index is 11.2. The molecule has 1 aromatic carbocycles. The first kappa shape index (κ1) is 15.7. The Balaban J connectivity index is 2.73. The van der Waals surface area contributed by atoms with E-state index < -0.39 is 38.4 Å². The maximum atomic E-state index is 11.2. The van der Waals surface area contributed by atoms with Crippen LogP contribution in [0.5, 0.6) is 11.5 Å². The third-order valence-corrected chi connectivity index (χ3v) is 2.99. The second-order valence-corrected chi connectivity index (χ2v) is 6.06. The predicted molar refractivity (Wildman–Crippen MR) is 67.8 cm³/mol. The molecule has 4 N–H and O–H groups in total. The van der Waals surface area contributed by atoms with E-state index >= 15 is 0 Å². The van der Waals surface area contributed by atoms with Crippen molar-refractivity contribution >= 4 is 26.6 Å². The molecule has 1 aromatic heterocycles. The molecule has 1 heterocycles. The average Bonchev–Trinajstić information content (AvgIpc) is 2.29. The van der Waals surface area contributed by atoms with Crippen molar-refractivity contribution < 1.29 is 42.2 Å². The number of benzene rings is 1. The highest BCUT2D eigenvalue weighted by Gasteiger charge is 2.27. The Hall–Kier alpha value is -1.67. The number of phosphoric acid groups is 2. The van der Waals surface area contributed by atoms with Crippen molar-refractivity contribution in [2.75, 3.05) is 0 Å². The minimum atomic E-state index is -5.09. The molecule has 114 valence electrons. The topological polar surface area (TPSA) is 164 Å². The van der Waals surface area contributed by atoms with Crippen molar-refractivity contribution in [2.24, 2.45) is 0 Å². The molecule has 0 aliphatic carbocycles. The second kappa shape index (κ2) is 5.27. The summed E-state index contributed by atoms with van der Waals surface area (Å²) in [7, 11) is -10.1. The number of hydrogen-bond acceptors (Lipinski definition) is 6. The average molecular weight is 338 g/mol. The zero-order valence-corrected chi connectivity index (χ0v) is 11.7. The van der Waals surface area contributed by atoms with E-state index in [0.717, 1.165) is 12.1 Å². The van der Waals surface area contributed by atoms with E-state index in [-0.39, 0.29) is 5.39 Å². The van der Waals surface area contributed by atoms with Gasteiger partial charge in [0, 0.05) is 11.5 Å². The zero-order valence-electron chi connectivity index (χ0n) is 9.94. The van der Waals surface area contributed by atoms with Crippen molar-refractivity contribution in [1.29, 1.82) is 0 Å². The molecule has 0 fully saturated rings. The van der Waals surface area contributed by atoms with Gasteiger partial charge in [0.05, 0.1) is 0 Å². The predicted octanol–water partition coefficient (Wildman–Crippen LogP) is 0.736. The van der Waals surface area contributed by atoms with Gasteiger partial charge in [0.25, 0.3) is 0 Å². The first-order chi connectivity index (χ1) is 9.55. The second-order valence-electron chi connectivity index (χ2n) is 3.73. The van der Waals surface area contributed by atoms with Gasteiger partial charge in [-0.1, -0.05) is 0 Å². The van der Waals surface area contributed by atoms with E-state index in [2.05, 4.69) is 9.05 Å². The maximum Gasteiger partial charge on any atom is 0.525 e. The minimum absolute atomic E-state index is 0.205. The van der Waals surface area contributed by atoms with Gasteiger partial charge < -0.3 is 13.5 Å². The zero-order chi connectivity index (χ0) is 15.8. The van der Waals surface area contributed by atoms with Gasteiger partial charge in [-0.3, -0.25) is 19.6 Å². The van der Waals surface area contributed by atoms with Gasteiger partial charge in [-0.2, -0.15) is 0 Å². The summed E-state index contributed by atoms with van der Waals surface area (Å²) in [6.45, 7) is 0. The molecular formula is C9H8O10P2. The molecule has 0 spiro atoms. The van der Waals surface area contributed by atoms with Crippen LogP contribution in [0.3, 0.4) is 0 Å². The highest BCUT2D eigenvalue weighted by molar-refractivity contribution is 7.47. The third kappa shape index (κ3) is 4.15. The molecule has 10 nitrogen and oxygen atoms in total. The van der Waals surface area contributed by atoms with E-state index in [1.807, 2.05) is 0 Å². The molecule has 0 saturated heterocycles. The van der Waals surface area contributed by atoms with E-state index in [4.69, 9.17) is 24.0 Å². The molecule has 2 aromatic rings. The molecule has 21 heavy (non-hydrogen) atoms. The lowest BCUT2D eigenvalue weighted by Crippen LogP contribution is -2.00. The summed E-state index contributed by atoms with van der Waals surface area (Å²) in [4.78, 5) is 46.4. The summed E-state index contributed by atoms with van der Waals surface area (Å²) in [5, 5.41) is 0.205. The van der Waals surface area contributed by atoms with Gasteiger partial charge in [-0.05, 0) is 18.2 Å². The van der Waals surface area contributed by atoms with Gasteiger partial charge in [-0.25, -0.2) is 13.9 Å². The van der Waals surface area contributed by atoms with E-state index in [9.17, 15) is 13.9 Å². The Bertz CT molecular complexity index is 828. The summed E-state index contributed by atoms with van der Waals surface area (Å²) in [6.07, 6.45) is 0. The van der Waals surface area contributed by atoms with Crippen molar-refractivity contribution in [3.8, 4) is 11.5 Å². The molecule has 0 bridgehead atoms. The van der Waals surface area contributed by atoms with Crippen LogP contribution in [0.1, 0.15) is 0 Å². The van der Waals surface area contributed by atoms with Crippen LogP contribution < -0.4 is 14.7 Å². The standard InChI is InChI=1S/C9H8O10P2/c10-7-4-2-5-1-3-6(18-20(11,12)13)9(8(5)17-7)19-21(14,15)16/h1-4H,(H2,11,12,13)(H2,14,15,16). The van der Waals surface area contributed by atoms with Crippen LogP contribution in [-0.2, 0) is 9.13 Å². The minimum Gasteiger partial charge on any atom is -0.419 e. The van der Waals surface area contributed by atoms with Crippen LogP contribution in [0.25, 0.3) is 11.0 Å². The van der Waals surface area contributed by atoms with Crippen LogP contribution in [0.2, 0.25) is 0 Å². The van der Waals surface area contributed by atoms with E-state index in [1.165, 1.54) is 12.1 Å². The van der Waals surface area contributed by atoms with Crippen LogP contribution in [0.15, 0.2) is 33.5 Å². The molecule has 0 radical (unpaired) electrons. The molecular weight excluding hydrogens is 330 g/mol. The fraction of sp³-hybridized carbons (Fsp3) is 0. The SMILES string of the molecule is O=c1ccc2ccc(OP(=O)(O)O)c(OP(=O)(O)O)c2o1. The highest BCUT2D eigenvalue weighted by Crippen LogP contribution is 2.49. The smallest absolute Gasteiger partial charge is 0.419 e. The lowest BCUT2D eigenvalue weighted by Gasteiger charge is -2.14. The van der Waals surface area contributed by atoms with Crippen molar-refractivity contribution in [3.63, 3.8) is 0 Å². The van der Waals surface area contributed by atoms with Crippen LogP contribution >= 0.6 is 15.6 Å². The normalized spacial score (nSPS) is 12.4. The van der Waals surface area contributed by atoms with E-state index in [0.29, 0.717) is 0 Å². The highest BCUT2D eigenvalue weighted by atomic mass is 31.2. The summed E-state index contributed by atoms with van der Waals surface area (Å²) in [5.74, 6) is -1.48. The summed E-state index contributed by atoms with van der Waals surface area (Å²) < 4.78 is 35.1. The molecule has 12 heteroatoms. The van der Waals surface area contributed by atoms with Crippen LogP contribution in [0, 0.1) is 0 Å². The summed E-state index contributed by atoms with van der Waals surface area (Å²) in [6, 6.07) is 4.59. The largest absolute Gasteiger partial charge is 0.525 e. The van der Waals surface area contributed by atoms with Crippen LogP contribution in [-0.4, -0.2) is 19.6 Å². The Morgan fingerprint density at radius 1 is 0.905 bits per heavy atom. The Labute approximate surface area is 116 Å². The number of rotatable bonds is 4. The molecule has 0 amide bonds. The van der Waals surface area contributed by atoms with Gasteiger partial charge >= 0.3 is 21.3 Å². The quantitative estimate of drug-likeness (QED) is 0.461. The van der Waals surface area contributed by atoms with Gasteiger partial charge in [0.2, 0.25) is 5.75 Å². The van der Waals surface area contributed by atoms with Crippen LogP contribution in [0.4, 0.5) is 0 Å². The Morgan fingerprint density at radius 2 is 1.48 bits per heavy atom. The molecule has 0 saturated carbocycles. The van der Waals surface area contributed by atoms with Crippen molar-refractivity contribution in [3.05, 3.63) is 34.7 Å². The monoisotopic (exact) mass is 338 g/mol. The summed E-state index contributed by atoms with van der Waals surface area (Å²) >= 11 is 0. The molecule has 0 aliphatic heterocycles. The van der Waals surface area contributed by atoms with Gasteiger partial charge in [-0.15, -0.1) is 0 Å². The van der Waals surface area contributed by atoms with Gasteiger partial charge in [0.15, 0.2) is 11.3 Å². The molecule has 0 unspecified atom stereocenters. The molecule has 2 rings (SSSR count). The number of fused-ring (bicyclic) bond motifs is 1. The summed E-state index contributed by atoms with van der Waals surface area (Å²) in [5.41, 5.74) is -1.27. The third-order valence-electron chi connectivity index (χ3n) is 2.14. The lowest BCUT2D eigenvalue weighted by molar-refractivity contribution is 0.263. The first-order valence-electron chi connectivity index (χ1n) is 5.12. The first-order valence-corrected chi connectivity index (χ1v) is 8.18. The molecule has 0 aliphatic rings. The fourth-order valence-corrected chi connectivity index (χ4v) is 2.30. The lowest BCUT2D eigenvalue weighted by atomic mass is 10.2. The fourth-order valence-electron chi connectivity index (χ4n) is 1.49. The van der Waals surface area contributed by atoms with E-state index in [1.54, 1.807) is 0 Å². The molecule has 0 atom stereocenters. The van der Waals surface area contributed by atoms with Crippen molar-refractivity contribution in [2.45, 2.75) is 0 Å². The van der Waals surface area contributed by atoms with Gasteiger partial charge in [0.1, 0.15) is 0 Å². The Morgan fingerprint density at radius 3 is 2.05 bits per heavy atom. The van der Waals surface area contributed by atoms with Crippen molar-refractivity contribution in [1.82, 2.24) is 0 Å². The Kier molecular flexibility index (Phi) is 3.94.